The summed E-state index contributed by atoms with van der Waals surface area (Å²) in [7, 11) is -5.58. The Morgan fingerprint density at radius 2 is 1.91 bits per heavy atom. The molecule has 0 saturated carbocycles. The van der Waals surface area contributed by atoms with Crippen LogP contribution in [0.25, 0.3) is 0 Å². The highest BCUT2D eigenvalue weighted by molar-refractivity contribution is 9.10. The third-order valence-corrected chi connectivity index (χ3v) is 5.21. The van der Waals surface area contributed by atoms with E-state index in [4.69, 9.17) is 9.79 Å². The number of halogens is 3. The van der Waals surface area contributed by atoms with Crippen molar-refractivity contribution in [2.45, 2.75) is 16.6 Å². The number of aromatic nitrogens is 2. The largest absolute Gasteiger partial charge is 0.399 e. The third-order valence-electron chi connectivity index (χ3n) is 2.63. The number of rotatable bonds is 5. The van der Waals surface area contributed by atoms with Crippen LogP contribution < -0.4 is 0 Å². The summed E-state index contributed by atoms with van der Waals surface area (Å²) in [4.78, 5) is 25.6. The van der Waals surface area contributed by atoms with E-state index in [1.807, 2.05) is 0 Å². The van der Waals surface area contributed by atoms with Crippen molar-refractivity contribution in [3.05, 3.63) is 52.3 Å². The Bertz CT molecular complexity index is 715. The van der Waals surface area contributed by atoms with Gasteiger partial charge in [-0.15, -0.1) is 0 Å². The van der Waals surface area contributed by atoms with Crippen LogP contribution in [0.2, 0.25) is 0 Å². The van der Waals surface area contributed by atoms with Crippen LogP contribution >= 0.6 is 35.3 Å². The summed E-state index contributed by atoms with van der Waals surface area (Å²) in [5.41, 5.74) is -4.29. The van der Waals surface area contributed by atoms with Crippen LogP contribution in [-0.4, -0.2) is 19.8 Å². The van der Waals surface area contributed by atoms with Crippen molar-refractivity contribution >= 4 is 35.3 Å². The van der Waals surface area contributed by atoms with Crippen molar-refractivity contribution in [2.24, 2.45) is 0 Å². The molecule has 0 bridgehead atoms. The molecule has 0 fully saturated rings. The van der Waals surface area contributed by atoms with Gasteiger partial charge in [-0.3, -0.25) is 4.57 Å². The zero-order valence-electron chi connectivity index (χ0n) is 10.9. The molecule has 2 rings (SSSR count). The molecule has 0 saturated heterocycles. The number of thioether (sulfide) groups is 1. The summed E-state index contributed by atoms with van der Waals surface area (Å²) in [6, 6.07) is 5.47. The Kier molecular flexibility index (Phi) is 5.34. The molecule has 0 radical (unpaired) electrons. The second-order valence-corrected chi connectivity index (χ2v) is 7.67. The van der Waals surface area contributed by atoms with E-state index < -0.39 is 18.8 Å². The van der Waals surface area contributed by atoms with Crippen molar-refractivity contribution in [2.75, 3.05) is 0 Å². The van der Waals surface area contributed by atoms with Crippen LogP contribution in [0, 0.1) is 0 Å². The summed E-state index contributed by atoms with van der Waals surface area (Å²) in [5.74, 6) is 0.435. The van der Waals surface area contributed by atoms with Gasteiger partial charge in [0.25, 0.3) is 0 Å². The Labute approximate surface area is 137 Å². The highest BCUT2D eigenvalue weighted by Gasteiger charge is 2.51. The van der Waals surface area contributed by atoms with Gasteiger partial charge in [0, 0.05) is 28.2 Å². The molecule has 2 aromatic rings. The third kappa shape index (κ3) is 3.91. The molecule has 1 heterocycles. The molecule has 0 aliphatic carbocycles. The Balaban J connectivity index is 2.18. The predicted molar refractivity (Wildman–Crippen MR) is 81.7 cm³/mol. The van der Waals surface area contributed by atoms with Crippen molar-refractivity contribution in [3.63, 3.8) is 0 Å². The molecule has 5 nitrogen and oxygen atoms in total. The van der Waals surface area contributed by atoms with E-state index in [0.29, 0.717) is 16.5 Å². The van der Waals surface area contributed by atoms with E-state index in [1.54, 1.807) is 18.5 Å². The van der Waals surface area contributed by atoms with Crippen LogP contribution in [0.1, 0.15) is 11.1 Å². The second kappa shape index (κ2) is 6.72. The monoisotopic (exact) mass is 410 g/mol. The molecule has 0 aliphatic heterocycles. The van der Waals surface area contributed by atoms with E-state index in [9.17, 15) is 13.3 Å². The maximum absolute atomic E-state index is 13.7. The minimum absolute atomic E-state index is 0.0621. The van der Waals surface area contributed by atoms with Crippen LogP contribution in [0.4, 0.5) is 8.78 Å². The molecule has 22 heavy (non-hydrogen) atoms. The summed E-state index contributed by atoms with van der Waals surface area (Å²) in [6.45, 7) is 0. The van der Waals surface area contributed by atoms with Gasteiger partial charge in [-0.2, -0.15) is 8.78 Å². The normalized spacial score (nSPS) is 12.4. The van der Waals surface area contributed by atoms with Crippen molar-refractivity contribution in [1.29, 1.82) is 0 Å². The van der Waals surface area contributed by atoms with E-state index >= 15 is 0 Å². The van der Waals surface area contributed by atoms with Crippen molar-refractivity contribution < 1.29 is 23.1 Å². The summed E-state index contributed by atoms with van der Waals surface area (Å²) >= 11 is 4.25. The van der Waals surface area contributed by atoms with Gasteiger partial charge in [-0.1, -0.05) is 39.8 Å². The van der Waals surface area contributed by atoms with Gasteiger partial charge in [-0.25, -0.2) is 9.97 Å². The topological polar surface area (TPSA) is 83.3 Å². The van der Waals surface area contributed by atoms with Crippen LogP contribution in [0.15, 0.2) is 46.3 Å². The fraction of sp³-hybridized carbons (Fsp3) is 0.167. The highest BCUT2D eigenvalue weighted by Crippen LogP contribution is 2.60. The van der Waals surface area contributed by atoms with Crippen molar-refractivity contribution in [3.8, 4) is 0 Å². The second-order valence-electron chi connectivity index (χ2n) is 4.22. The van der Waals surface area contributed by atoms with Gasteiger partial charge in [0.2, 0.25) is 0 Å². The van der Waals surface area contributed by atoms with E-state index in [0.717, 1.165) is 6.07 Å². The van der Waals surface area contributed by atoms with E-state index in [2.05, 4.69) is 25.9 Å². The van der Waals surface area contributed by atoms with Gasteiger partial charge >= 0.3 is 13.3 Å². The zero-order valence-corrected chi connectivity index (χ0v) is 14.2. The molecule has 0 amide bonds. The molecular formula is C12H10BrF2N2O3PS. The first-order valence-corrected chi connectivity index (χ1v) is 9.23. The quantitative estimate of drug-likeness (QED) is 0.443. The van der Waals surface area contributed by atoms with Gasteiger partial charge in [0.05, 0.1) is 0 Å². The lowest BCUT2D eigenvalue weighted by molar-refractivity contribution is 0.0557. The Morgan fingerprint density at radius 1 is 1.27 bits per heavy atom. The first-order valence-electron chi connectivity index (χ1n) is 5.84. The fourth-order valence-electron chi connectivity index (χ4n) is 1.56. The molecule has 2 N–H and O–H groups in total. The Morgan fingerprint density at radius 3 is 2.45 bits per heavy atom. The van der Waals surface area contributed by atoms with Crippen LogP contribution in [0.3, 0.4) is 0 Å². The standard InChI is InChI=1S/C12H10BrF2N2O3PS/c13-10-6-8(7-22-11-16-4-1-5-17-11)2-3-9(10)12(14,15)21(18,19)20/h1-6H,7H2,(H2,18,19,20). The lowest BCUT2D eigenvalue weighted by Crippen LogP contribution is -2.14. The van der Waals surface area contributed by atoms with Gasteiger partial charge in [0.15, 0.2) is 5.16 Å². The van der Waals surface area contributed by atoms with Gasteiger partial charge in [0.1, 0.15) is 0 Å². The van der Waals surface area contributed by atoms with Gasteiger partial charge < -0.3 is 9.79 Å². The predicted octanol–water partition coefficient (Wildman–Crippen LogP) is 3.76. The molecule has 10 heteroatoms. The van der Waals surface area contributed by atoms with E-state index in [-0.39, 0.29) is 4.47 Å². The number of hydrogen-bond acceptors (Lipinski definition) is 4. The maximum Gasteiger partial charge on any atom is 0.399 e. The molecule has 118 valence electrons. The maximum atomic E-state index is 13.7. The fourth-order valence-corrected chi connectivity index (χ4v) is 3.64. The average molecular weight is 411 g/mol. The average Bonchev–Trinajstić information content (AvgIpc) is 2.45. The first-order chi connectivity index (χ1) is 10.2. The number of alkyl halides is 2. The van der Waals surface area contributed by atoms with Crippen LogP contribution in [-0.2, 0) is 16.0 Å². The lowest BCUT2D eigenvalue weighted by Gasteiger charge is -2.19. The molecule has 0 spiro atoms. The zero-order chi connectivity index (χ0) is 16.4. The number of nitrogens with zero attached hydrogens (tertiary/aromatic N) is 2. The molecular weight excluding hydrogens is 401 g/mol. The number of hydrogen-bond donors (Lipinski definition) is 2. The minimum Gasteiger partial charge on any atom is -0.320 e. The molecule has 1 aromatic carbocycles. The van der Waals surface area contributed by atoms with Crippen molar-refractivity contribution in [1.82, 2.24) is 9.97 Å². The molecule has 0 unspecified atom stereocenters. The number of benzene rings is 1. The highest BCUT2D eigenvalue weighted by atomic mass is 79.9. The summed E-state index contributed by atoms with van der Waals surface area (Å²) in [6.07, 6.45) is 3.18. The minimum atomic E-state index is -5.58. The SMILES string of the molecule is O=P(O)(O)C(F)(F)c1ccc(CSc2ncccn2)cc1Br. The first kappa shape index (κ1) is 17.5. The van der Waals surface area contributed by atoms with Crippen LogP contribution in [0.5, 0.6) is 0 Å². The molecule has 1 aromatic heterocycles. The van der Waals surface area contributed by atoms with E-state index in [1.165, 1.54) is 23.9 Å². The molecule has 0 aliphatic rings. The summed E-state index contributed by atoms with van der Waals surface area (Å²) in [5, 5.41) is 0.545. The molecule has 0 atom stereocenters. The Hall–Kier alpha value is -0.860. The summed E-state index contributed by atoms with van der Waals surface area (Å²) < 4.78 is 38.2. The smallest absolute Gasteiger partial charge is 0.320 e. The lowest BCUT2D eigenvalue weighted by atomic mass is 10.1. The van der Waals surface area contributed by atoms with Gasteiger partial charge in [-0.05, 0) is 17.7 Å².